The molecular weight excluding hydrogens is 474 g/mol. The summed E-state index contributed by atoms with van der Waals surface area (Å²) in [4.78, 5) is 29.7. The van der Waals surface area contributed by atoms with Gasteiger partial charge in [0, 0.05) is 47.7 Å². The smallest absolute Gasteiger partial charge is 0.222 e. The highest BCUT2D eigenvalue weighted by Gasteiger charge is 2.86. The molecular formula is C32H55N3O3. The lowest BCUT2D eigenvalue weighted by molar-refractivity contribution is -0.171. The fourth-order valence-electron chi connectivity index (χ4n) is 11.4. The second-order valence-electron chi connectivity index (χ2n) is 15.5. The maximum absolute atomic E-state index is 14.6. The average molecular weight is 530 g/mol. The van der Waals surface area contributed by atoms with Crippen LogP contribution in [0.2, 0.25) is 0 Å². The van der Waals surface area contributed by atoms with E-state index >= 15 is 0 Å². The average Bonchev–Trinajstić information content (AvgIpc) is 3.48. The number of hydrogen-bond acceptors (Lipinski definition) is 5. The first kappa shape index (κ1) is 28.5. The van der Waals surface area contributed by atoms with E-state index in [-0.39, 0.29) is 63.0 Å². The second-order valence-corrected chi connectivity index (χ2v) is 15.5. The Bertz CT molecular complexity index is 983. The molecule has 0 radical (unpaired) electrons. The molecule has 216 valence electrons. The van der Waals surface area contributed by atoms with Crippen LogP contribution in [0.3, 0.4) is 0 Å². The molecule has 5 aliphatic rings. The van der Waals surface area contributed by atoms with Gasteiger partial charge in [-0.3, -0.25) is 9.59 Å². The summed E-state index contributed by atoms with van der Waals surface area (Å²) >= 11 is 0. The number of amides is 1. The van der Waals surface area contributed by atoms with E-state index in [1.165, 1.54) is 0 Å². The fourth-order valence-corrected chi connectivity index (χ4v) is 11.4. The standard InChI is InChI=1S/C32H55N3O3/c1-10-33-18-28(5)22-11-12-23-29(6)15-21(36)26(20(4)35(8)9)30(29,7)16-25(37)32(23)17-31(22,32)14-13-24(28)34-27(38)19(2)3/h19-24,26,33,36H,10-18H2,1-9H3,(H,34,38)/t20-,21+,22-,23-,24-,26-,28-,29-,30+,31+,32+/m0/s1. The summed E-state index contributed by atoms with van der Waals surface area (Å²) in [5.74, 6) is 1.49. The number of fused-ring (bicyclic) bond motifs is 2. The van der Waals surface area contributed by atoms with Crippen molar-refractivity contribution in [1.82, 2.24) is 15.5 Å². The van der Waals surface area contributed by atoms with Gasteiger partial charge in [0.05, 0.1) is 6.10 Å². The van der Waals surface area contributed by atoms with Gasteiger partial charge in [0.15, 0.2) is 0 Å². The molecule has 6 heteroatoms. The Kier molecular flexibility index (Phi) is 6.77. The van der Waals surface area contributed by atoms with Crippen LogP contribution in [0.1, 0.15) is 93.4 Å². The fraction of sp³-hybridized carbons (Fsp3) is 0.938. The summed E-state index contributed by atoms with van der Waals surface area (Å²) in [6.07, 6.45) is 6.25. The number of aliphatic hydroxyl groups is 1. The lowest BCUT2D eigenvalue weighted by Gasteiger charge is -2.63. The van der Waals surface area contributed by atoms with Crippen LogP contribution < -0.4 is 10.6 Å². The zero-order valence-electron chi connectivity index (χ0n) is 25.6. The number of nitrogens with one attached hydrogen (secondary N) is 2. The lowest BCUT2D eigenvalue weighted by Crippen LogP contribution is -2.65. The van der Waals surface area contributed by atoms with Crippen molar-refractivity contribution in [2.45, 2.75) is 112 Å². The van der Waals surface area contributed by atoms with E-state index in [1.54, 1.807) is 0 Å². The molecule has 0 bridgehead atoms. The first-order valence-electron chi connectivity index (χ1n) is 15.5. The van der Waals surface area contributed by atoms with Gasteiger partial charge in [-0.2, -0.15) is 0 Å². The highest BCUT2D eigenvalue weighted by atomic mass is 16.3. The predicted octanol–water partition coefficient (Wildman–Crippen LogP) is 4.26. The summed E-state index contributed by atoms with van der Waals surface area (Å²) in [5.41, 5.74) is -0.483. The molecule has 0 aromatic heterocycles. The van der Waals surface area contributed by atoms with Crippen LogP contribution in [0.15, 0.2) is 0 Å². The van der Waals surface area contributed by atoms with Gasteiger partial charge < -0.3 is 20.6 Å². The molecule has 0 unspecified atom stereocenters. The molecule has 0 aromatic rings. The lowest BCUT2D eigenvalue weighted by atomic mass is 9.41. The number of carbonyl (C=O) groups excluding carboxylic acids is 2. The molecule has 0 heterocycles. The van der Waals surface area contributed by atoms with Crippen LogP contribution in [0.5, 0.6) is 0 Å². The SMILES string of the molecule is CCNC[C@]1(C)[C@@H](NC(=O)C(C)C)CC[C@]23C[C@@]24C(=O)C[C@]2(C)[C@@H]([C@H](C)N(C)C)[C@H](O)C[C@@]2(C)[C@@H]4CC[C@@H]13. The van der Waals surface area contributed by atoms with Gasteiger partial charge in [-0.15, -0.1) is 0 Å². The van der Waals surface area contributed by atoms with Crippen molar-refractivity contribution < 1.29 is 14.7 Å². The van der Waals surface area contributed by atoms with Gasteiger partial charge in [0.2, 0.25) is 5.91 Å². The Labute approximate surface area is 231 Å². The monoisotopic (exact) mass is 529 g/mol. The van der Waals surface area contributed by atoms with E-state index in [2.05, 4.69) is 64.2 Å². The van der Waals surface area contributed by atoms with Gasteiger partial charge in [-0.25, -0.2) is 0 Å². The Morgan fingerprint density at radius 1 is 1.08 bits per heavy atom. The zero-order chi connectivity index (χ0) is 28.1. The molecule has 2 spiro atoms. The van der Waals surface area contributed by atoms with Crippen molar-refractivity contribution in [2.24, 2.45) is 50.7 Å². The molecule has 5 aliphatic carbocycles. The van der Waals surface area contributed by atoms with Crippen molar-refractivity contribution >= 4 is 11.7 Å². The van der Waals surface area contributed by atoms with E-state index < -0.39 is 0 Å². The van der Waals surface area contributed by atoms with Gasteiger partial charge in [0.1, 0.15) is 5.78 Å². The molecule has 11 atom stereocenters. The van der Waals surface area contributed by atoms with Gasteiger partial charge in [0.25, 0.3) is 0 Å². The van der Waals surface area contributed by atoms with Crippen LogP contribution in [0, 0.1) is 50.7 Å². The van der Waals surface area contributed by atoms with Crippen LogP contribution >= 0.6 is 0 Å². The molecule has 5 fully saturated rings. The van der Waals surface area contributed by atoms with E-state index in [0.29, 0.717) is 24.0 Å². The van der Waals surface area contributed by atoms with Crippen LogP contribution in [-0.4, -0.2) is 67.1 Å². The van der Waals surface area contributed by atoms with Crippen LogP contribution in [0.4, 0.5) is 0 Å². The molecule has 38 heavy (non-hydrogen) atoms. The Morgan fingerprint density at radius 2 is 1.74 bits per heavy atom. The molecule has 0 aromatic carbocycles. The van der Waals surface area contributed by atoms with Crippen molar-refractivity contribution in [1.29, 1.82) is 0 Å². The molecule has 1 amide bonds. The molecule has 5 saturated carbocycles. The van der Waals surface area contributed by atoms with E-state index in [9.17, 15) is 14.7 Å². The van der Waals surface area contributed by atoms with Gasteiger partial charge >= 0.3 is 0 Å². The number of aliphatic hydroxyl groups excluding tert-OH is 1. The number of carbonyl (C=O) groups is 2. The molecule has 0 saturated heterocycles. The third-order valence-corrected chi connectivity index (χ3v) is 13.6. The molecule has 0 aliphatic heterocycles. The minimum Gasteiger partial charge on any atom is -0.393 e. The molecule has 3 N–H and O–H groups in total. The first-order valence-corrected chi connectivity index (χ1v) is 15.5. The maximum atomic E-state index is 14.6. The number of nitrogens with zero attached hydrogens (tertiary/aromatic N) is 1. The summed E-state index contributed by atoms with van der Waals surface area (Å²) in [6, 6.07) is 0.367. The number of Topliss-reactive ketones (excluding diaryl/α,β-unsaturated/α-hetero) is 1. The number of ketones is 1. The second kappa shape index (κ2) is 9.01. The van der Waals surface area contributed by atoms with Crippen molar-refractivity contribution in [3.63, 3.8) is 0 Å². The quantitative estimate of drug-likeness (QED) is 0.459. The van der Waals surface area contributed by atoms with Crippen molar-refractivity contribution in [2.75, 3.05) is 27.2 Å². The zero-order valence-corrected chi connectivity index (χ0v) is 25.6. The third-order valence-electron chi connectivity index (χ3n) is 13.6. The first-order chi connectivity index (χ1) is 17.7. The minimum atomic E-state index is -0.362. The Hall–Kier alpha value is -0.980. The normalized spacial score (nSPS) is 50.2. The van der Waals surface area contributed by atoms with Crippen molar-refractivity contribution in [3.05, 3.63) is 0 Å². The van der Waals surface area contributed by atoms with Crippen LogP contribution in [0.25, 0.3) is 0 Å². The molecule has 5 rings (SSSR count). The Morgan fingerprint density at radius 3 is 2.34 bits per heavy atom. The number of rotatable bonds is 7. The van der Waals surface area contributed by atoms with E-state index in [1.807, 2.05) is 13.8 Å². The van der Waals surface area contributed by atoms with E-state index in [0.717, 1.165) is 51.6 Å². The topological polar surface area (TPSA) is 81.7 Å². The van der Waals surface area contributed by atoms with E-state index in [4.69, 9.17) is 0 Å². The highest BCUT2D eigenvalue weighted by molar-refractivity contribution is 5.92. The third kappa shape index (κ3) is 3.41. The largest absolute Gasteiger partial charge is 0.393 e. The molecule has 6 nitrogen and oxygen atoms in total. The highest BCUT2D eigenvalue weighted by Crippen LogP contribution is 2.87. The van der Waals surface area contributed by atoms with Crippen LogP contribution in [-0.2, 0) is 9.59 Å². The van der Waals surface area contributed by atoms with Gasteiger partial charge in [-0.1, -0.05) is 41.5 Å². The minimum absolute atomic E-state index is 0.0267. The Balaban J connectivity index is 1.52. The number of hydrogen-bond donors (Lipinski definition) is 3. The predicted molar refractivity (Wildman–Crippen MR) is 151 cm³/mol. The maximum Gasteiger partial charge on any atom is 0.222 e. The van der Waals surface area contributed by atoms with Crippen molar-refractivity contribution in [3.8, 4) is 0 Å². The summed E-state index contributed by atoms with van der Waals surface area (Å²) in [5, 5.41) is 18.6. The summed E-state index contributed by atoms with van der Waals surface area (Å²) in [7, 11) is 4.21. The summed E-state index contributed by atoms with van der Waals surface area (Å²) < 4.78 is 0. The van der Waals surface area contributed by atoms with Gasteiger partial charge in [-0.05, 0) is 94.2 Å². The summed E-state index contributed by atoms with van der Waals surface area (Å²) in [6.45, 7) is 17.3.